The lowest BCUT2D eigenvalue weighted by Gasteiger charge is -2.36. The van der Waals surface area contributed by atoms with E-state index in [2.05, 4.69) is 4.98 Å². The van der Waals surface area contributed by atoms with Gasteiger partial charge in [0.25, 0.3) is 5.91 Å². The molecule has 3 heterocycles. The maximum Gasteiger partial charge on any atom is 0.256 e. The van der Waals surface area contributed by atoms with Crippen LogP contribution >= 0.6 is 0 Å². The van der Waals surface area contributed by atoms with Gasteiger partial charge in [0.15, 0.2) is 0 Å². The van der Waals surface area contributed by atoms with Crippen LogP contribution in [0.2, 0.25) is 0 Å². The standard InChI is InChI=1S/C17H14N4O3S/c18-10-12-3-1-4-13(9-12)25(23,24)20-7-8-21-15(11-20)16-14(17(21)22)5-2-6-19-16/h1-6,9,15H,7-8,11H2. The summed E-state index contributed by atoms with van der Waals surface area (Å²) in [6.45, 7) is 0.696. The molecule has 7 nitrogen and oxygen atoms in total. The fourth-order valence-electron chi connectivity index (χ4n) is 3.35. The predicted molar refractivity (Wildman–Crippen MR) is 87.9 cm³/mol. The van der Waals surface area contributed by atoms with Gasteiger partial charge in [0.05, 0.1) is 33.8 Å². The molecule has 1 aromatic carbocycles. The van der Waals surface area contributed by atoms with Crippen molar-refractivity contribution in [2.45, 2.75) is 10.9 Å². The third-order valence-electron chi connectivity index (χ3n) is 4.59. The molecule has 2 aliphatic rings. The number of sulfonamides is 1. The number of nitriles is 1. The highest BCUT2D eigenvalue weighted by atomic mass is 32.2. The molecule has 0 bridgehead atoms. The summed E-state index contributed by atoms with van der Waals surface area (Å²) in [5.74, 6) is -0.100. The Bertz CT molecular complexity index is 1010. The van der Waals surface area contributed by atoms with Crippen LogP contribution in [-0.2, 0) is 10.0 Å². The van der Waals surface area contributed by atoms with Crippen LogP contribution in [0.25, 0.3) is 0 Å². The number of aromatic nitrogens is 1. The van der Waals surface area contributed by atoms with Crippen molar-refractivity contribution in [2.24, 2.45) is 0 Å². The number of benzene rings is 1. The Morgan fingerprint density at radius 3 is 2.84 bits per heavy atom. The monoisotopic (exact) mass is 354 g/mol. The van der Waals surface area contributed by atoms with Crippen molar-refractivity contribution >= 4 is 15.9 Å². The first-order chi connectivity index (χ1) is 12.0. The van der Waals surface area contributed by atoms with Gasteiger partial charge < -0.3 is 4.90 Å². The van der Waals surface area contributed by atoms with Crippen molar-refractivity contribution in [1.29, 1.82) is 5.26 Å². The van der Waals surface area contributed by atoms with Gasteiger partial charge in [-0.05, 0) is 30.3 Å². The molecule has 25 heavy (non-hydrogen) atoms. The quantitative estimate of drug-likeness (QED) is 0.806. The topological polar surface area (TPSA) is 94.4 Å². The third kappa shape index (κ3) is 2.40. The molecule has 1 aromatic heterocycles. The van der Waals surface area contributed by atoms with Gasteiger partial charge in [-0.15, -0.1) is 0 Å². The summed E-state index contributed by atoms with van der Waals surface area (Å²) >= 11 is 0. The Balaban J connectivity index is 1.68. The third-order valence-corrected chi connectivity index (χ3v) is 6.45. The molecule has 2 aliphatic heterocycles. The molecule has 1 atom stereocenters. The molecule has 0 radical (unpaired) electrons. The fourth-order valence-corrected chi connectivity index (χ4v) is 4.83. The second-order valence-corrected chi connectivity index (χ2v) is 7.89. The molecule has 4 rings (SSSR count). The van der Waals surface area contributed by atoms with E-state index >= 15 is 0 Å². The van der Waals surface area contributed by atoms with Crippen LogP contribution in [0.15, 0.2) is 47.5 Å². The number of fused-ring (bicyclic) bond motifs is 3. The number of amides is 1. The highest BCUT2D eigenvalue weighted by Crippen LogP contribution is 2.36. The minimum atomic E-state index is -3.74. The Labute approximate surface area is 145 Å². The molecule has 1 unspecified atom stereocenters. The van der Waals surface area contributed by atoms with Gasteiger partial charge in [0.2, 0.25) is 10.0 Å². The van der Waals surface area contributed by atoms with Crippen LogP contribution < -0.4 is 0 Å². The Hall–Kier alpha value is -2.76. The lowest BCUT2D eigenvalue weighted by molar-refractivity contribution is 0.0625. The Morgan fingerprint density at radius 2 is 2.04 bits per heavy atom. The normalized spacial score (nSPS) is 20.0. The summed E-state index contributed by atoms with van der Waals surface area (Å²) in [6.07, 6.45) is 1.61. The first kappa shape index (κ1) is 15.7. The molecular formula is C17H14N4O3S. The van der Waals surface area contributed by atoms with Gasteiger partial charge in [-0.1, -0.05) is 6.07 Å². The van der Waals surface area contributed by atoms with E-state index < -0.39 is 10.0 Å². The average molecular weight is 354 g/mol. The largest absolute Gasteiger partial charge is 0.327 e. The number of nitrogens with zero attached hydrogens (tertiary/aromatic N) is 4. The minimum Gasteiger partial charge on any atom is -0.327 e. The van der Waals surface area contributed by atoms with Crippen LogP contribution in [-0.4, -0.2) is 48.1 Å². The predicted octanol–water partition coefficient (Wildman–Crippen LogP) is 1.15. The SMILES string of the molecule is N#Cc1cccc(S(=O)(=O)N2CCN3C(=O)c4cccnc4C3C2)c1. The van der Waals surface area contributed by atoms with Crippen molar-refractivity contribution in [3.8, 4) is 6.07 Å². The van der Waals surface area contributed by atoms with E-state index in [9.17, 15) is 13.2 Å². The summed E-state index contributed by atoms with van der Waals surface area (Å²) in [5.41, 5.74) is 1.46. The zero-order valence-corrected chi connectivity index (χ0v) is 14.0. The Kier molecular flexibility index (Phi) is 3.56. The van der Waals surface area contributed by atoms with Crippen LogP contribution in [0.5, 0.6) is 0 Å². The van der Waals surface area contributed by atoms with E-state index in [0.717, 1.165) is 0 Å². The van der Waals surface area contributed by atoms with E-state index in [1.165, 1.54) is 16.4 Å². The molecule has 1 amide bonds. The molecule has 2 aromatic rings. The maximum absolute atomic E-state index is 12.9. The number of hydrogen-bond acceptors (Lipinski definition) is 5. The number of piperazine rings is 1. The van der Waals surface area contributed by atoms with Crippen LogP contribution in [0.4, 0.5) is 0 Å². The highest BCUT2D eigenvalue weighted by Gasteiger charge is 2.44. The van der Waals surface area contributed by atoms with Gasteiger partial charge in [0.1, 0.15) is 0 Å². The van der Waals surface area contributed by atoms with Crippen LogP contribution in [0.3, 0.4) is 0 Å². The number of pyridine rings is 1. The number of carbonyl (C=O) groups excluding carboxylic acids is 1. The second kappa shape index (κ2) is 5.65. The lowest BCUT2D eigenvalue weighted by atomic mass is 10.1. The molecule has 0 spiro atoms. The molecule has 0 saturated carbocycles. The van der Waals surface area contributed by atoms with Crippen molar-refractivity contribution < 1.29 is 13.2 Å². The van der Waals surface area contributed by atoms with Gasteiger partial charge in [-0.3, -0.25) is 9.78 Å². The van der Waals surface area contributed by atoms with Gasteiger partial charge >= 0.3 is 0 Å². The summed E-state index contributed by atoms with van der Waals surface area (Å²) in [7, 11) is -3.74. The van der Waals surface area contributed by atoms with Crippen molar-refractivity contribution in [3.05, 3.63) is 59.4 Å². The number of hydrogen-bond donors (Lipinski definition) is 0. The molecule has 1 saturated heterocycles. The number of carbonyl (C=O) groups is 1. The van der Waals surface area contributed by atoms with Crippen molar-refractivity contribution in [2.75, 3.05) is 19.6 Å². The molecule has 8 heteroatoms. The Morgan fingerprint density at radius 1 is 1.20 bits per heavy atom. The van der Waals surface area contributed by atoms with Gasteiger partial charge in [-0.25, -0.2) is 8.42 Å². The fraction of sp³-hybridized carbons (Fsp3) is 0.235. The zero-order chi connectivity index (χ0) is 17.6. The molecule has 0 aliphatic carbocycles. The minimum absolute atomic E-state index is 0.0885. The summed E-state index contributed by atoms with van der Waals surface area (Å²) in [6, 6.07) is 11.0. The van der Waals surface area contributed by atoms with E-state index in [4.69, 9.17) is 5.26 Å². The average Bonchev–Trinajstić information content (AvgIpc) is 2.94. The van der Waals surface area contributed by atoms with Gasteiger partial charge in [0, 0.05) is 25.8 Å². The first-order valence-corrected chi connectivity index (χ1v) is 9.22. The zero-order valence-electron chi connectivity index (χ0n) is 13.2. The van der Waals surface area contributed by atoms with Crippen molar-refractivity contribution in [3.63, 3.8) is 0 Å². The van der Waals surface area contributed by atoms with E-state index in [1.54, 1.807) is 35.4 Å². The smallest absolute Gasteiger partial charge is 0.256 e. The van der Waals surface area contributed by atoms with Gasteiger partial charge in [-0.2, -0.15) is 9.57 Å². The molecule has 126 valence electrons. The van der Waals surface area contributed by atoms with Crippen LogP contribution in [0.1, 0.15) is 27.7 Å². The molecule has 1 fully saturated rings. The van der Waals surface area contributed by atoms with E-state index in [1.807, 2.05) is 6.07 Å². The van der Waals surface area contributed by atoms with Crippen LogP contribution in [0, 0.1) is 11.3 Å². The van der Waals surface area contributed by atoms with Crippen molar-refractivity contribution in [1.82, 2.24) is 14.2 Å². The molecule has 0 N–H and O–H groups in total. The first-order valence-electron chi connectivity index (χ1n) is 7.78. The van der Waals surface area contributed by atoms with E-state index in [0.29, 0.717) is 23.4 Å². The number of rotatable bonds is 2. The van der Waals surface area contributed by atoms with E-state index in [-0.39, 0.29) is 29.9 Å². The molecular weight excluding hydrogens is 340 g/mol. The maximum atomic E-state index is 12.9. The summed E-state index contributed by atoms with van der Waals surface area (Å²) < 4.78 is 27.2. The summed E-state index contributed by atoms with van der Waals surface area (Å²) in [4.78, 5) is 18.5. The highest BCUT2D eigenvalue weighted by molar-refractivity contribution is 7.89. The second-order valence-electron chi connectivity index (χ2n) is 5.95. The lowest BCUT2D eigenvalue weighted by Crippen LogP contribution is -2.49. The summed E-state index contributed by atoms with van der Waals surface area (Å²) in [5, 5.41) is 8.99.